The van der Waals surface area contributed by atoms with Crippen molar-refractivity contribution in [3.05, 3.63) is 63.3 Å². The van der Waals surface area contributed by atoms with E-state index in [0.717, 1.165) is 16.0 Å². The minimum atomic E-state index is -3.78. The lowest BCUT2D eigenvalue weighted by atomic mass is 9.81. The summed E-state index contributed by atoms with van der Waals surface area (Å²) >= 11 is 1.49. The molecule has 0 aliphatic carbocycles. The van der Waals surface area contributed by atoms with Crippen LogP contribution in [0.4, 0.5) is 10.1 Å². The van der Waals surface area contributed by atoms with Crippen LogP contribution in [0.1, 0.15) is 54.0 Å². The summed E-state index contributed by atoms with van der Waals surface area (Å²) in [6.45, 7) is 10.7. The maximum Gasteiger partial charge on any atom is 0.337 e. The second kappa shape index (κ2) is 8.97. The van der Waals surface area contributed by atoms with Crippen LogP contribution in [0, 0.1) is 26.6 Å². The van der Waals surface area contributed by atoms with Crippen molar-refractivity contribution < 1.29 is 27.4 Å². The molecule has 4 rings (SSSR count). The van der Waals surface area contributed by atoms with Gasteiger partial charge in [-0.15, -0.1) is 11.3 Å². The van der Waals surface area contributed by atoms with Gasteiger partial charge in [0, 0.05) is 32.0 Å². The molecule has 192 valence electrons. The first-order valence-electron chi connectivity index (χ1n) is 11.5. The summed E-state index contributed by atoms with van der Waals surface area (Å²) in [7, 11) is -3.78. The molecule has 0 saturated heterocycles. The van der Waals surface area contributed by atoms with E-state index < -0.39 is 33.5 Å². The molecule has 1 aliphatic heterocycles. The van der Waals surface area contributed by atoms with Crippen LogP contribution < -0.4 is 4.31 Å². The van der Waals surface area contributed by atoms with E-state index in [-0.39, 0.29) is 6.54 Å². The number of carbonyl (C=O) groups is 1. The van der Waals surface area contributed by atoms with E-state index >= 15 is 4.39 Å². The quantitative estimate of drug-likeness (QED) is 0.414. The van der Waals surface area contributed by atoms with E-state index in [2.05, 4.69) is 0 Å². The zero-order valence-corrected chi connectivity index (χ0v) is 23.0. The van der Waals surface area contributed by atoms with Gasteiger partial charge < -0.3 is 9.84 Å². The van der Waals surface area contributed by atoms with E-state index in [4.69, 9.17) is 4.74 Å². The lowest BCUT2D eigenvalue weighted by Gasteiger charge is -2.37. The molecule has 1 atom stereocenters. The predicted molar refractivity (Wildman–Crippen MR) is 142 cm³/mol. The minimum absolute atomic E-state index is 0.0476. The van der Waals surface area contributed by atoms with E-state index in [9.17, 15) is 18.3 Å². The number of anilines is 1. The van der Waals surface area contributed by atoms with E-state index in [1.54, 1.807) is 46.8 Å². The molecule has 0 fully saturated rings. The molecular formula is C27H30FNO5S2. The van der Waals surface area contributed by atoms with Crippen molar-refractivity contribution in [2.75, 3.05) is 10.6 Å². The number of carboxylic acid groups (broad SMARTS) is 1. The number of hydrogen-bond donors (Lipinski definition) is 1. The number of benzene rings is 2. The van der Waals surface area contributed by atoms with Crippen LogP contribution in [0.2, 0.25) is 0 Å². The van der Waals surface area contributed by atoms with Crippen molar-refractivity contribution in [2.45, 2.75) is 59.8 Å². The molecule has 0 unspecified atom stereocenters. The third-order valence-corrected chi connectivity index (χ3v) is 8.40. The molecule has 1 aromatic heterocycles. The van der Waals surface area contributed by atoms with Gasteiger partial charge in [-0.25, -0.2) is 17.6 Å². The van der Waals surface area contributed by atoms with E-state index in [1.165, 1.54) is 21.7 Å². The summed E-state index contributed by atoms with van der Waals surface area (Å²) in [5, 5.41) is 10.3. The van der Waals surface area contributed by atoms with Gasteiger partial charge in [0.25, 0.3) is 0 Å². The largest absolute Gasteiger partial charge is 0.479 e. The first-order valence-corrected chi connectivity index (χ1v) is 14.2. The van der Waals surface area contributed by atoms with Gasteiger partial charge in [0.2, 0.25) is 10.0 Å². The number of hydrogen-bond acceptors (Lipinski definition) is 5. The number of aliphatic carboxylic acids is 1. The number of carboxylic acids is 1. The fraction of sp³-hybridized carbons (Fsp3) is 0.370. The number of aryl methyl sites for hydroxylation is 1. The lowest BCUT2D eigenvalue weighted by molar-refractivity contribution is -0.160. The zero-order valence-electron chi connectivity index (χ0n) is 21.4. The minimum Gasteiger partial charge on any atom is -0.479 e. The Bertz CT molecular complexity index is 1480. The molecule has 2 aromatic carbocycles. The molecule has 0 spiro atoms. The molecule has 36 heavy (non-hydrogen) atoms. The summed E-state index contributed by atoms with van der Waals surface area (Å²) < 4.78 is 48.6. The van der Waals surface area contributed by atoms with Crippen molar-refractivity contribution in [1.29, 1.82) is 0 Å². The smallest absolute Gasteiger partial charge is 0.337 e. The number of rotatable bonds is 5. The van der Waals surface area contributed by atoms with Crippen LogP contribution in [0.3, 0.4) is 0 Å². The third-order valence-electron chi connectivity index (χ3n) is 6.27. The van der Waals surface area contributed by atoms with Crippen LogP contribution >= 0.6 is 11.3 Å². The monoisotopic (exact) mass is 531 g/mol. The summed E-state index contributed by atoms with van der Waals surface area (Å²) in [6, 6.07) is 8.50. The van der Waals surface area contributed by atoms with Gasteiger partial charge in [-0.2, -0.15) is 0 Å². The SMILES string of the molecule is Cc1ccc(-c2c(C)c3c(c(C)c2[C@H](OC(C)(C)C)C(=O)O)N(S(C)(=O)=O)Cc2cccc(F)c2-3)s1. The van der Waals surface area contributed by atoms with Crippen molar-refractivity contribution in [3.63, 3.8) is 0 Å². The van der Waals surface area contributed by atoms with Crippen LogP contribution in [0.25, 0.3) is 21.6 Å². The molecule has 6 nitrogen and oxygen atoms in total. The Morgan fingerprint density at radius 2 is 1.75 bits per heavy atom. The Morgan fingerprint density at radius 1 is 1.08 bits per heavy atom. The molecule has 2 heterocycles. The molecule has 9 heteroatoms. The van der Waals surface area contributed by atoms with Gasteiger partial charge in [-0.1, -0.05) is 12.1 Å². The van der Waals surface area contributed by atoms with Gasteiger partial charge in [0.1, 0.15) is 5.82 Å². The fourth-order valence-corrected chi connectivity index (χ4v) is 6.84. The highest BCUT2D eigenvalue weighted by Crippen LogP contribution is 2.52. The first kappa shape index (κ1) is 26.3. The predicted octanol–water partition coefficient (Wildman–Crippen LogP) is 6.37. The van der Waals surface area contributed by atoms with E-state index in [0.29, 0.717) is 44.6 Å². The molecule has 0 saturated carbocycles. The van der Waals surface area contributed by atoms with Crippen LogP contribution in [0.15, 0.2) is 30.3 Å². The molecule has 0 amide bonds. The number of sulfonamides is 1. The average Bonchev–Trinajstić information content (AvgIpc) is 3.18. The molecule has 3 aromatic rings. The van der Waals surface area contributed by atoms with Crippen molar-refractivity contribution in [2.24, 2.45) is 0 Å². The maximum atomic E-state index is 15.3. The number of nitrogens with zero attached hydrogens (tertiary/aromatic N) is 1. The highest BCUT2D eigenvalue weighted by Gasteiger charge is 2.39. The standard InChI is InChI=1S/C27H30FNO5S2/c1-14-11-12-19(35-14)20-15(2)21-23-17(9-8-10-18(23)28)13-29(36(7,32)33)24(21)16(3)22(20)25(26(30)31)34-27(4,5)6/h8-12,25H,13H2,1-7H3,(H,30,31)/t25-/m0/s1. The first-order chi connectivity index (χ1) is 16.6. The number of halogens is 1. The number of ether oxygens (including phenoxy) is 1. The second-order valence-electron chi connectivity index (χ2n) is 10.2. The molecular weight excluding hydrogens is 501 g/mol. The van der Waals surface area contributed by atoms with E-state index in [1.807, 2.05) is 19.1 Å². The van der Waals surface area contributed by atoms with Crippen LogP contribution in [-0.2, 0) is 26.1 Å². The van der Waals surface area contributed by atoms with Crippen molar-refractivity contribution in [1.82, 2.24) is 0 Å². The lowest BCUT2D eigenvalue weighted by Crippen LogP contribution is -2.35. The Labute approximate surface area is 215 Å². The van der Waals surface area contributed by atoms with Crippen molar-refractivity contribution in [3.8, 4) is 21.6 Å². The van der Waals surface area contributed by atoms with Crippen LogP contribution in [-0.4, -0.2) is 31.4 Å². The number of thiophene rings is 1. The molecule has 1 N–H and O–H groups in total. The Morgan fingerprint density at radius 3 is 2.28 bits per heavy atom. The summed E-state index contributed by atoms with van der Waals surface area (Å²) in [5.41, 5.74) is 2.91. The second-order valence-corrected chi connectivity index (χ2v) is 13.4. The topological polar surface area (TPSA) is 83.9 Å². The summed E-state index contributed by atoms with van der Waals surface area (Å²) in [4.78, 5) is 14.5. The third kappa shape index (κ3) is 4.55. The normalized spacial score (nSPS) is 14.4. The molecule has 0 bridgehead atoms. The fourth-order valence-electron chi connectivity index (χ4n) is 4.92. The average molecular weight is 532 g/mol. The zero-order chi connectivity index (χ0) is 26.7. The molecule has 0 radical (unpaired) electrons. The summed E-state index contributed by atoms with van der Waals surface area (Å²) in [6.07, 6.45) is -0.262. The van der Waals surface area contributed by atoms with Gasteiger partial charge in [0.05, 0.1) is 24.1 Å². The maximum absolute atomic E-state index is 15.3. The highest BCUT2D eigenvalue weighted by atomic mass is 32.2. The van der Waals surface area contributed by atoms with Gasteiger partial charge >= 0.3 is 5.97 Å². The highest BCUT2D eigenvalue weighted by molar-refractivity contribution is 7.92. The Balaban J connectivity index is 2.23. The van der Waals surface area contributed by atoms with Gasteiger partial charge in [-0.05, 0) is 76.4 Å². The van der Waals surface area contributed by atoms with Crippen LogP contribution in [0.5, 0.6) is 0 Å². The number of fused-ring (bicyclic) bond motifs is 3. The molecule has 1 aliphatic rings. The van der Waals surface area contributed by atoms with Gasteiger partial charge in [0.15, 0.2) is 6.10 Å². The Kier molecular flexibility index (Phi) is 6.56. The van der Waals surface area contributed by atoms with Crippen molar-refractivity contribution >= 4 is 33.0 Å². The van der Waals surface area contributed by atoms with Gasteiger partial charge in [-0.3, -0.25) is 4.31 Å². The summed E-state index contributed by atoms with van der Waals surface area (Å²) in [5.74, 6) is -1.64. The Hall–Kier alpha value is -2.75.